The summed E-state index contributed by atoms with van der Waals surface area (Å²) in [5.41, 5.74) is 0.746. The molecule has 0 unspecified atom stereocenters. The lowest BCUT2D eigenvalue weighted by molar-refractivity contribution is 0.257. The lowest BCUT2D eigenvalue weighted by Crippen LogP contribution is -2.42. The standard InChI is InChI=1S/C17H26N2O3S/c1-14-12-16(22-2)7-8-17(14)23(20,21)19-11-5-6-15(19)13-18-9-3-4-10-18/h7-8,12,15H,3-6,9-11,13H2,1-2H3/t15-/m1/s1. The molecule has 0 bridgehead atoms. The summed E-state index contributed by atoms with van der Waals surface area (Å²) < 4.78 is 33.1. The van der Waals surface area contributed by atoms with Gasteiger partial charge in [-0.25, -0.2) is 8.42 Å². The van der Waals surface area contributed by atoms with Crippen molar-refractivity contribution in [3.05, 3.63) is 23.8 Å². The minimum absolute atomic E-state index is 0.111. The number of hydrogen-bond acceptors (Lipinski definition) is 4. The van der Waals surface area contributed by atoms with Crippen LogP contribution in [0.15, 0.2) is 23.1 Å². The fourth-order valence-electron chi connectivity index (χ4n) is 3.74. The number of nitrogens with zero attached hydrogens (tertiary/aromatic N) is 2. The number of likely N-dealkylation sites (tertiary alicyclic amines) is 1. The summed E-state index contributed by atoms with van der Waals surface area (Å²) in [7, 11) is -1.84. The predicted molar refractivity (Wildman–Crippen MR) is 90.3 cm³/mol. The van der Waals surface area contributed by atoms with Crippen LogP contribution < -0.4 is 4.74 Å². The van der Waals surface area contributed by atoms with Gasteiger partial charge in [0.05, 0.1) is 12.0 Å². The molecule has 0 saturated carbocycles. The monoisotopic (exact) mass is 338 g/mol. The second-order valence-electron chi connectivity index (χ2n) is 6.55. The lowest BCUT2D eigenvalue weighted by Gasteiger charge is -2.28. The van der Waals surface area contributed by atoms with E-state index in [1.54, 1.807) is 29.6 Å². The Kier molecular flexibility index (Phi) is 4.94. The maximum Gasteiger partial charge on any atom is 0.243 e. The summed E-state index contributed by atoms with van der Waals surface area (Å²) in [5, 5.41) is 0. The number of hydrogen-bond donors (Lipinski definition) is 0. The first kappa shape index (κ1) is 16.7. The van der Waals surface area contributed by atoms with E-state index in [1.165, 1.54) is 12.8 Å². The van der Waals surface area contributed by atoms with Gasteiger partial charge in [0, 0.05) is 19.1 Å². The van der Waals surface area contributed by atoms with Crippen LogP contribution in [-0.2, 0) is 10.0 Å². The van der Waals surface area contributed by atoms with Gasteiger partial charge in [-0.15, -0.1) is 0 Å². The maximum absolute atomic E-state index is 13.1. The number of sulfonamides is 1. The van der Waals surface area contributed by atoms with Crippen LogP contribution in [0.4, 0.5) is 0 Å². The van der Waals surface area contributed by atoms with Crippen molar-refractivity contribution < 1.29 is 13.2 Å². The normalized spacial score (nSPS) is 23.5. The zero-order valence-corrected chi connectivity index (χ0v) is 14.8. The molecular weight excluding hydrogens is 312 g/mol. The average molecular weight is 338 g/mol. The molecule has 0 spiro atoms. The van der Waals surface area contributed by atoms with Crippen LogP contribution in [-0.4, -0.2) is 57.0 Å². The Bertz CT molecular complexity index is 654. The molecule has 128 valence electrons. The largest absolute Gasteiger partial charge is 0.497 e. The minimum atomic E-state index is -3.43. The van der Waals surface area contributed by atoms with E-state index in [0.717, 1.165) is 38.0 Å². The molecule has 2 aliphatic rings. The van der Waals surface area contributed by atoms with E-state index in [2.05, 4.69) is 4.90 Å². The fourth-order valence-corrected chi connectivity index (χ4v) is 5.63. The third-order valence-electron chi connectivity index (χ3n) is 4.96. The van der Waals surface area contributed by atoms with Gasteiger partial charge < -0.3 is 9.64 Å². The van der Waals surface area contributed by atoms with E-state index in [4.69, 9.17) is 4.74 Å². The molecular formula is C17H26N2O3S. The molecule has 0 amide bonds. The molecule has 6 heteroatoms. The molecule has 0 N–H and O–H groups in total. The van der Waals surface area contributed by atoms with E-state index in [1.807, 2.05) is 6.92 Å². The maximum atomic E-state index is 13.1. The molecule has 2 saturated heterocycles. The van der Waals surface area contributed by atoms with Crippen LogP contribution in [0.3, 0.4) is 0 Å². The van der Waals surface area contributed by atoms with Gasteiger partial charge in [0.15, 0.2) is 0 Å². The summed E-state index contributed by atoms with van der Waals surface area (Å²) in [4.78, 5) is 2.81. The van der Waals surface area contributed by atoms with Crippen molar-refractivity contribution in [1.29, 1.82) is 0 Å². The molecule has 2 aliphatic heterocycles. The third kappa shape index (κ3) is 3.39. The van der Waals surface area contributed by atoms with E-state index >= 15 is 0 Å². The molecule has 0 aliphatic carbocycles. The van der Waals surface area contributed by atoms with Crippen molar-refractivity contribution >= 4 is 10.0 Å². The number of methoxy groups -OCH3 is 1. The lowest BCUT2D eigenvalue weighted by atomic mass is 10.2. The SMILES string of the molecule is COc1ccc(S(=O)(=O)N2CCC[C@@H]2CN2CCCC2)c(C)c1. The summed E-state index contributed by atoms with van der Waals surface area (Å²) in [6, 6.07) is 5.30. The van der Waals surface area contributed by atoms with Gasteiger partial charge >= 0.3 is 0 Å². The summed E-state index contributed by atoms with van der Waals surface area (Å²) in [6.07, 6.45) is 4.38. The van der Waals surface area contributed by atoms with Crippen molar-refractivity contribution in [2.24, 2.45) is 0 Å². The molecule has 1 aromatic rings. The topological polar surface area (TPSA) is 49.9 Å². The zero-order valence-electron chi connectivity index (χ0n) is 14.0. The highest BCUT2D eigenvalue weighted by molar-refractivity contribution is 7.89. The zero-order chi connectivity index (χ0) is 16.4. The molecule has 23 heavy (non-hydrogen) atoms. The van der Waals surface area contributed by atoms with Crippen molar-refractivity contribution in [3.63, 3.8) is 0 Å². The molecule has 2 heterocycles. The third-order valence-corrected chi connectivity index (χ3v) is 7.07. The van der Waals surface area contributed by atoms with Crippen LogP contribution in [0.2, 0.25) is 0 Å². The molecule has 2 fully saturated rings. The number of rotatable bonds is 5. The predicted octanol–water partition coefficient (Wildman–Crippen LogP) is 2.25. The highest BCUT2D eigenvalue weighted by Crippen LogP contribution is 2.30. The van der Waals surface area contributed by atoms with Gasteiger partial charge in [0.25, 0.3) is 0 Å². The van der Waals surface area contributed by atoms with E-state index in [9.17, 15) is 8.42 Å². The highest BCUT2D eigenvalue weighted by Gasteiger charge is 2.37. The molecule has 1 atom stereocenters. The Morgan fingerprint density at radius 3 is 2.57 bits per heavy atom. The van der Waals surface area contributed by atoms with E-state index < -0.39 is 10.0 Å². The second-order valence-corrected chi connectivity index (χ2v) is 8.41. The van der Waals surface area contributed by atoms with Gasteiger partial charge in [0.2, 0.25) is 10.0 Å². The van der Waals surface area contributed by atoms with Crippen LogP contribution >= 0.6 is 0 Å². The van der Waals surface area contributed by atoms with Gasteiger partial charge in [-0.05, 0) is 69.5 Å². The summed E-state index contributed by atoms with van der Waals surface area (Å²) in [6.45, 7) is 5.54. The van der Waals surface area contributed by atoms with Gasteiger partial charge in [0.1, 0.15) is 5.75 Å². The molecule has 1 aromatic carbocycles. The Hall–Kier alpha value is -1.11. The molecule has 0 radical (unpaired) electrons. The first-order valence-electron chi connectivity index (χ1n) is 8.41. The Morgan fingerprint density at radius 1 is 1.17 bits per heavy atom. The van der Waals surface area contributed by atoms with Crippen molar-refractivity contribution in [2.45, 2.75) is 43.5 Å². The number of ether oxygens (including phenoxy) is 1. The molecule has 0 aromatic heterocycles. The van der Waals surface area contributed by atoms with Crippen LogP contribution in [0.1, 0.15) is 31.2 Å². The first-order valence-corrected chi connectivity index (χ1v) is 9.85. The summed E-state index contributed by atoms with van der Waals surface area (Å²) in [5.74, 6) is 0.691. The van der Waals surface area contributed by atoms with E-state index in [0.29, 0.717) is 17.2 Å². The van der Waals surface area contributed by atoms with E-state index in [-0.39, 0.29) is 6.04 Å². The van der Waals surface area contributed by atoms with Crippen molar-refractivity contribution in [1.82, 2.24) is 9.21 Å². The smallest absolute Gasteiger partial charge is 0.243 e. The van der Waals surface area contributed by atoms with Crippen molar-refractivity contribution in [2.75, 3.05) is 33.3 Å². The first-order chi connectivity index (χ1) is 11.0. The highest BCUT2D eigenvalue weighted by atomic mass is 32.2. The number of benzene rings is 1. The summed E-state index contributed by atoms with van der Waals surface area (Å²) >= 11 is 0. The van der Waals surface area contributed by atoms with Crippen molar-refractivity contribution in [3.8, 4) is 5.75 Å². The Morgan fingerprint density at radius 2 is 1.91 bits per heavy atom. The fraction of sp³-hybridized carbons (Fsp3) is 0.647. The molecule has 3 rings (SSSR count). The average Bonchev–Trinajstić information content (AvgIpc) is 3.19. The van der Waals surface area contributed by atoms with Crippen LogP contribution in [0, 0.1) is 6.92 Å². The van der Waals surface area contributed by atoms with Crippen LogP contribution in [0.25, 0.3) is 0 Å². The quantitative estimate of drug-likeness (QED) is 0.826. The Labute approximate surface area is 139 Å². The number of aryl methyl sites for hydroxylation is 1. The second kappa shape index (κ2) is 6.79. The minimum Gasteiger partial charge on any atom is -0.497 e. The van der Waals surface area contributed by atoms with Gasteiger partial charge in [-0.2, -0.15) is 4.31 Å². The van der Waals surface area contributed by atoms with Gasteiger partial charge in [-0.3, -0.25) is 0 Å². The molecule has 5 nitrogen and oxygen atoms in total. The van der Waals surface area contributed by atoms with Gasteiger partial charge in [-0.1, -0.05) is 0 Å². The Balaban J connectivity index is 1.82. The van der Waals surface area contributed by atoms with Crippen LogP contribution in [0.5, 0.6) is 5.75 Å².